The molecule has 2 heterocycles. The molecule has 0 aliphatic heterocycles. The molecule has 0 fully saturated rings. The van der Waals surface area contributed by atoms with E-state index in [0.29, 0.717) is 23.4 Å². The zero-order chi connectivity index (χ0) is 12.5. The Morgan fingerprint density at radius 3 is 3.00 bits per heavy atom. The smallest absolute Gasteiger partial charge is 0.158 e. The fraction of sp³-hybridized carbons (Fsp3) is 0.167. The lowest BCUT2D eigenvalue weighted by molar-refractivity contribution is 0.637. The summed E-state index contributed by atoms with van der Waals surface area (Å²) < 4.78 is 13.5. The Labute approximate surface area is 107 Å². The maximum absolute atomic E-state index is 13.5. The molecule has 18 heavy (non-hydrogen) atoms. The van der Waals surface area contributed by atoms with Crippen molar-refractivity contribution in [1.82, 2.24) is 15.0 Å². The van der Waals surface area contributed by atoms with Crippen molar-refractivity contribution in [2.24, 2.45) is 5.73 Å². The van der Waals surface area contributed by atoms with Crippen molar-refractivity contribution in [2.45, 2.75) is 6.42 Å². The average Bonchev–Trinajstić information content (AvgIpc) is 2.96. The molecule has 0 saturated heterocycles. The van der Waals surface area contributed by atoms with Crippen LogP contribution < -0.4 is 5.73 Å². The van der Waals surface area contributed by atoms with Crippen molar-refractivity contribution >= 4 is 22.4 Å². The van der Waals surface area contributed by atoms with Crippen LogP contribution in [0.2, 0.25) is 0 Å². The summed E-state index contributed by atoms with van der Waals surface area (Å²) in [7, 11) is 0. The second-order valence-electron chi connectivity index (χ2n) is 3.89. The number of nitrogens with zero attached hydrogens (tertiary/aromatic N) is 2. The van der Waals surface area contributed by atoms with Crippen molar-refractivity contribution in [2.75, 3.05) is 6.54 Å². The SMILES string of the molecule is NCCc1nc(-c2nc3c(F)cccc3[nH]2)cs1. The Kier molecular flexibility index (Phi) is 2.81. The summed E-state index contributed by atoms with van der Waals surface area (Å²) in [6.07, 6.45) is 0.749. The lowest BCUT2D eigenvalue weighted by Gasteiger charge is -1.89. The molecular formula is C12H11FN4S. The third kappa shape index (κ3) is 1.89. The van der Waals surface area contributed by atoms with Crippen molar-refractivity contribution in [3.05, 3.63) is 34.4 Å². The van der Waals surface area contributed by atoms with Crippen LogP contribution in [0.1, 0.15) is 5.01 Å². The molecule has 0 aliphatic carbocycles. The third-order valence-corrected chi connectivity index (χ3v) is 3.52. The van der Waals surface area contributed by atoms with Gasteiger partial charge in [0.15, 0.2) is 11.6 Å². The fourth-order valence-corrected chi connectivity index (χ4v) is 2.58. The Balaban J connectivity index is 2.05. The van der Waals surface area contributed by atoms with Gasteiger partial charge < -0.3 is 10.7 Å². The number of fused-ring (bicyclic) bond motifs is 1. The van der Waals surface area contributed by atoms with Gasteiger partial charge in [0, 0.05) is 11.8 Å². The van der Waals surface area contributed by atoms with Gasteiger partial charge in [0.05, 0.1) is 10.5 Å². The van der Waals surface area contributed by atoms with Crippen molar-refractivity contribution in [3.63, 3.8) is 0 Å². The number of H-pyrrole nitrogens is 1. The highest BCUT2D eigenvalue weighted by Gasteiger charge is 2.11. The lowest BCUT2D eigenvalue weighted by atomic mass is 10.3. The Hall–Kier alpha value is -1.79. The van der Waals surface area contributed by atoms with E-state index in [0.717, 1.165) is 17.1 Å². The Morgan fingerprint density at radius 1 is 1.33 bits per heavy atom. The van der Waals surface area contributed by atoms with Crippen LogP contribution in [-0.2, 0) is 6.42 Å². The summed E-state index contributed by atoms with van der Waals surface area (Å²) >= 11 is 1.54. The maximum Gasteiger partial charge on any atom is 0.158 e. The first-order valence-corrected chi connectivity index (χ1v) is 6.45. The summed E-state index contributed by atoms with van der Waals surface area (Å²) in [5.74, 6) is 0.266. The second-order valence-corrected chi connectivity index (χ2v) is 4.83. The number of thiazole rings is 1. The number of hydrogen-bond donors (Lipinski definition) is 2. The van der Waals surface area contributed by atoms with Crippen LogP contribution in [0.4, 0.5) is 4.39 Å². The average molecular weight is 262 g/mol. The number of benzene rings is 1. The van der Waals surface area contributed by atoms with Crippen LogP contribution in [0.5, 0.6) is 0 Å². The summed E-state index contributed by atoms with van der Waals surface area (Å²) in [5.41, 5.74) is 7.25. The number of aromatic amines is 1. The zero-order valence-corrected chi connectivity index (χ0v) is 10.3. The second kappa shape index (κ2) is 4.47. The zero-order valence-electron chi connectivity index (χ0n) is 9.48. The molecule has 3 N–H and O–H groups in total. The molecule has 3 aromatic rings. The van der Waals surface area contributed by atoms with E-state index in [2.05, 4.69) is 15.0 Å². The third-order valence-electron chi connectivity index (χ3n) is 2.62. The van der Waals surface area contributed by atoms with E-state index >= 15 is 0 Å². The fourth-order valence-electron chi connectivity index (χ4n) is 1.78. The number of nitrogens with one attached hydrogen (secondary N) is 1. The topological polar surface area (TPSA) is 67.6 Å². The van der Waals surface area contributed by atoms with Gasteiger partial charge in [-0.3, -0.25) is 0 Å². The quantitative estimate of drug-likeness (QED) is 0.761. The number of aromatic nitrogens is 3. The van der Waals surface area contributed by atoms with Gasteiger partial charge in [-0.1, -0.05) is 6.07 Å². The molecule has 0 atom stereocenters. The predicted octanol–water partition coefficient (Wildman–Crippen LogP) is 2.33. The monoisotopic (exact) mass is 262 g/mol. The van der Waals surface area contributed by atoms with Gasteiger partial charge in [-0.25, -0.2) is 14.4 Å². The summed E-state index contributed by atoms with van der Waals surface area (Å²) in [6, 6.07) is 4.84. The van der Waals surface area contributed by atoms with Gasteiger partial charge in [0.25, 0.3) is 0 Å². The highest BCUT2D eigenvalue weighted by atomic mass is 32.1. The Bertz CT molecular complexity index is 688. The minimum atomic E-state index is -0.326. The molecule has 3 rings (SSSR count). The van der Waals surface area contributed by atoms with E-state index in [1.54, 1.807) is 12.1 Å². The van der Waals surface area contributed by atoms with Crippen LogP contribution in [0.3, 0.4) is 0 Å². The standard InChI is InChI=1S/C12H11FN4S/c13-7-2-1-3-8-11(7)17-12(16-8)9-6-18-10(15-9)4-5-14/h1-3,6H,4-5,14H2,(H,16,17). The van der Waals surface area contributed by atoms with Crippen LogP contribution in [0, 0.1) is 5.82 Å². The number of halogens is 1. The first kappa shape index (κ1) is 11.3. The molecular weight excluding hydrogens is 251 g/mol. The molecule has 0 amide bonds. The molecule has 0 spiro atoms. The van der Waals surface area contributed by atoms with Crippen LogP contribution in [0.25, 0.3) is 22.6 Å². The van der Waals surface area contributed by atoms with Crippen LogP contribution in [0.15, 0.2) is 23.6 Å². The largest absolute Gasteiger partial charge is 0.337 e. The summed E-state index contributed by atoms with van der Waals surface area (Å²) in [4.78, 5) is 11.7. The first-order chi connectivity index (χ1) is 8.78. The van der Waals surface area contributed by atoms with Gasteiger partial charge in [-0.2, -0.15) is 0 Å². The summed E-state index contributed by atoms with van der Waals surface area (Å²) in [6.45, 7) is 0.571. The molecule has 92 valence electrons. The lowest BCUT2D eigenvalue weighted by Crippen LogP contribution is -2.02. The van der Waals surface area contributed by atoms with E-state index in [1.165, 1.54) is 17.4 Å². The molecule has 1 aromatic carbocycles. The first-order valence-electron chi connectivity index (χ1n) is 5.57. The number of para-hydroxylation sites is 1. The van der Waals surface area contributed by atoms with Crippen molar-refractivity contribution in [1.29, 1.82) is 0 Å². The molecule has 2 aromatic heterocycles. The number of imidazole rings is 1. The molecule has 0 bridgehead atoms. The van der Waals surface area contributed by atoms with Gasteiger partial charge >= 0.3 is 0 Å². The molecule has 6 heteroatoms. The molecule has 0 radical (unpaired) electrons. The minimum Gasteiger partial charge on any atom is -0.337 e. The minimum absolute atomic E-state index is 0.326. The van der Waals surface area contributed by atoms with E-state index in [-0.39, 0.29) is 5.82 Å². The van der Waals surface area contributed by atoms with Crippen molar-refractivity contribution in [3.8, 4) is 11.5 Å². The van der Waals surface area contributed by atoms with Crippen LogP contribution in [-0.4, -0.2) is 21.5 Å². The van der Waals surface area contributed by atoms with E-state index in [1.807, 2.05) is 5.38 Å². The van der Waals surface area contributed by atoms with Gasteiger partial charge in [0.1, 0.15) is 11.2 Å². The highest BCUT2D eigenvalue weighted by molar-refractivity contribution is 7.09. The van der Waals surface area contributed by atoms with Crippen molar-refractivity contribution < 1.29 is 4.39 Å². The number of hydrogen-bond acceptors (Lipinski definition) is 4. The number of rotatable bonds is 3. The summed E-state index contributed by atoms with van der Waals surface area (Å²) in [5, 5.41) is 2.87. The number of nitrogens with two attached hydrogens (primary N) is 1. The van der Waals surface area contributed by atoms with E-state index in [4.69, 9.17) is 5.73 Å². The van der Waals surface area contributed by atoms with Crippen LogP contribution >= 0.6 is 11.3 Å². The molecule has 0 aliphatic rings. The van der Waals surface area contributed by atoms with E-state index < -0.39 is 0 Å². The molecule has 4 nitrogen and oxygen atoms in total. The molecule has 0 unspecified atom stereocenters. The van der Waals surface area contributed by atoms with E-state index in [9.17, 15) is 4.39 Å². The Morgan fingerprint density at radius 2 is 2.22 bits per heavy atom. The van der Waals surface area contributed by atoms with Gasteiger partial charge in [0.2, 0.25) is 0 Å². The maximum atomic E-state index is 13.5. The normalized spacial score (nSPS) is 11.2. The van der Waals surface area contributed by atoms with Gasteiger partial charge in [-0.15, -0.1) is 11.3 Å². The molecule has 0 saturated carbocycles. The van der Waals surface area contributed by atoms with Gasteiger partial charge in [-0.05, 0) is 18.7 Å². The highest BCUT2D eigenvalue weighted by Crippen LogP contribution is 2.23. The predicted molar refractivity (Wildman–Crippen MR) is 69.9 cm³/mol.